The van der Waals surface area contributed by atoms with Crippen LogP contribution in [0.2, 0.25) is 0 Å². The van der Waals surface area contributed by atoms with Crippen molar-refractivity contribution in [2.24, 2.45) is 5.92 Å². The number of aromatic nitrogens is 2. The minimum atomic E-state index is -0.679. The zero-order chi connectivity index (χ0) is 19.7. The molecule has 3 heterocycles. The first-order chi connectivity index (χ1) is 13.5. The Hall–Kier alpha value is -2.86. The quantitative estimate of drug-likeness (QED) is 0.733. The van der Waals surface area contributed by atoms with Gasteiger partial charge in [0.25, 0.3) is 0 Å². The molecule has 0 atom stereocenters. The zero-order valence-corrected chi connectivity index (χ0v) is 16.3. The summed E-state index contributed by atoms with van der Waals surface area (Å²) in [5, 5.41) is 9.25. The highest BCUT2D eigenvalue weighted by Gasteiger charge is 2.26. The van der Waals surface area contributed by atoms with Crippen LogP contribution in [0.15, 0.2) is 42.6 Å². The van der Waals surface area contributed by atoms with Crippen LogP contribution in [0, 0.1) is 12.8 Å². The number of carbonyl (C=O) groups is 1. The zero-order valence-electron chi connectivity index (χ0n) is 16.3. The van der Waals surface area contributed by atoms with Gasteiger partial charge in [-0.3, -0.25) is 9.69 Å². The van der Waals surface area contributed by atoms with E-state index in [2.05, 4.69) is 34.6 Å². The fourth-order valence-corrected chi connectivity index (χ4v) is 3.90. The van der Waals surface area contributed by atoms with E-state index in [1.165, 1.54) is 5.56 Å². The highest BCUT2D eigenvalue weighted by atomic mass is 16.5. The smallest absolute Gasteiger partial charge is 0.306 e. The molecule has 6 heteroatoms. The van der Waals surface area contributed by atoms with Gasteiger partial charge in [0, 0.05) is 18.3 Å². The minimum Gasteiger partial charge on any atom is -0.497 e. The van der Waals surface area contributed by atoms with Gasteiger partial charge >= 0.3 is 5.97 Å². The molecular weight excluding hydrogens is 354 g/mol. The lowest BCUT2D eigenvalue weighted by Gasteiger charge is -2.30. The number of nitrogens with zero attached hydrogens (tertiary/aromatic N) is 3. The molecular formula is C22H25N3O3. The average molecular weight is 379 g/mol. The number of pyridine rings is 1. The molecule has 0 radical (unpaired) electrons. The summed E-state index contributed by atoms with van der Waals surface area (Å²) in [5.41, 5.74) is 5.19. The molecule has 2 aromatic heterocycles. The lowest BCUT2D eigenvalue weighted by molar-refractivity contribution is -0.143. The molecule has 1 fully saturated rings. The maximum Gasteiger partial charge on any atom is 0.306 e. The Morgan fingerprint density at radius 2 is 2.04 bits per heavy atom. The van der Waals surface area contributed by atoms with E-state index in [0.717, 1.165) is 48.0 Å². The lowest BCUT2D eigenvalue weighted by Crippen LogP contribution is -2.36. The summed E-state index contributed by atoms with van der Waals surface area (Å²) in [5.74, 6) is -0.0976. The van der Waals surface area contributed by atoms with E-state index >= 15 is 0 Å². The van der Waals surface area contributed by atoms with Crippen molar-refractivity contribution in [3.8, 4) is 17.0 Å². The van der Waals surface area contributed by atoms with Crippen LogP contribution in [0.25, 0.3) is 16.9 Å². The van der Waals surface area contributed by atoms with Crippen molar-refractivity contribution in [3.05, 3.63) is 53.9 Å². The van der Waals surface area contributed by atoms with Crippen LogP contribution in [-0.2, 0) is 11.3 Å². The van der Waals surface area contributed by atoms with Gasteiger partial charge in [0.1, 0.15) is 11.4 Å². The molecule has 28 heavy (non-hydrogen) atoms. The number of carboxylic acids is 1. The van der Waals surface area contributed by atoms with Crippen molar-refractivity contribution in [2.45, 2.75) is 26.3 Å². The number of aliphatic carboxylic acids is 1. The van der Waals surface area contributed by atoms with Gasteiger partial charge in [-0.15, -0.1) is 0 Å². The van der Waals surface area contributed by atoms with Crippen molar-refractivity contribution in [1.82, 2.24) is 14.3 Å². The molecule has 0 unspecified atom stereocenters. The molecule has 0 aliphatic carbocycles. The number of imidazole rings is 1. The summed E-state index contributed by atoms with van der Waals surface area (Å²) in [6.45, 7) is 4.39. The summed E-state index contributed by atoms with van der Waals surface area (Å²) < 4.78 is 7.55. The van der Waals surface area contributed by atoms with Crippen LogP contribution in [0.4, 0.5) is 0 Å². The van der Waals surface area contributed by atoms with Crippen molar-refractivity contribution >= 4 is 11.6 Å². The summed E-state index contributed by atoms with van der Waals surface area (Å²) in [7, 11) is 1.67. The third-order valence-corrected chi connectivity index (χ3v) is 5.52. The fraction of sp³-hybridized carbons (Fsp3) is 0.364. The number of carboxylic acid groups (broad SMARTS) is 1. The van der Waals surface area contributed by atoms with Gasteiger partial charge in [-0.1, -0.05) is 18.2 Å². The summed E-state index contributed by atoms with van der Waals surface area (Å²) in [6.07, 6.45) is 3.50. The first-order valence-electron chi connectivity index (χ1n) is 9.62. The SMILES string of the molecule is COc1cccc(-c2nc3ccc(C)cn3c2CN2CCC(C(=O)O)CC2)c1. The number of methoxy groups -OCH3 is 1. The van der Waals surface area contributed by atoms with E-state index in [0.29, 0.717) is 12.8 Å². The van der Waals surface area contributed by atoms with Crippen LogP contribution in [0.5, 0.6) is 5.75 Å². The summed E-state index contributed by atoms with van der Waals surface area (Å²) in [4.78, 5) is 18.5. The molecule has 4 rings (SSSR count). The Kier molecular flexibility index (Phi) is 5.05. The normalized spacial score (nSPS) is 15.8. The first kappa shape index (κ1) is 18.5. The maximum absolute atomic E-state index is 11.2. The number of hydrogen-bond donors (Lipinski definition) is 1. The number of piperidine rings is 1. The Labute approximate surface area is 164 Å². The van der Waals surface area contributed by atoms with E-state index in [-0.39, 0.29) is 5.92 Å². The number of rotatable bonds is 5. The molecule has 0 bridgehead atoms. The van der Waals surface area contributed by atoms with Gasteiger partial charge in [-0.25, -0.2) is 4.98 Å². The van der Waals surface area contributed by atoms with Crippen molar-refractivity contribution < 1.29 is 14.6 Å². The molecule has 3 aromatic rings. The van der Waals surface area contributed by atoms with Crippen molar-refractivity contribution in [1.29, 1.82) is 0 Å². The summed E-state index contributed by atoms with van der Waals surface area (Å²) in [6, 6.07) is 12.1. The second kappa shape index (κ2) is 7.64. The van der Waals surface area contributed by atoms with Crippen molar-refractivity contribution in [3.63, 3.8) is 0 Å². The number of hydrogen-bond acceptors (Lipinski definition) is 4. The Morgan fingerprint density at radius 1 is 1.25 bits per heavy atom. The van der Waals surface area contributed by atoms with E-state index in [4.69, 9.17) is 9.72 Å². The van der Waals surface area contributed by atoms with Crippen LogP contribution < -0.4 is 4.74 Å². The van der Waals surface area contributed by atoms with Crippen molar-refractivity contribution in [2.75, 3.05) is 20.2 Å². The monoisotopic (exact) mass is 379 g/mol. The molecule has 6 nitrogen and oxygen atoms in total. The largest absolute Gasteiger partial charge is 0.497 e. The van der Waals surface area contributed by atoms with Gasteiger partial charge in [0.05, 0.1) is 24.4 Å². The molecule has 1 saturated heterocycles. The number of fused-ring (bicyclic) bond motifs is 1. The number of ether oxygens (including phenoxy) is 1. The van der Waals surface area contributed by atoms with E-state index < -0.39 is 5.97 Å². The molecule has 1 aliphatic rings. The highest BCUT2D eigenvalue weighted by molar-refractivity contribution is 5.70. The van der Waals surface area contributed by atoms with Gasteiger partial charge in [-0.2, -0.15) is 0 Å². The third-order valence-electron chi connectivity index (χ3n) is 5.52. The van der Waals surface area contributed by atoms with Gasteiger partial charge in [0.15, 0.2) is 0 Å². The molecule has 0 spiro atoms. The van der Waals surface area contributed by atoms with Crippen LogP contribution in [-0.4, -0.2) is 45.6 Å². The summed E-state index contributed by atoms with van der Waals surface area (Å²) >= 11 is 0. The molecule has 1 N–H and O–H groups in total. The van der Waals surface area contributed by atoms with Crippen LogP contribution in [0.3, 0.4) is 0 Å². The van der Waals surface area contributed by atoms with E-state index in [1.54, 1.807) is 7.11 Å². The second-order valence-corrected chi connectivity index (χ2v) is 7.46. The molecule has 0 saturated carbocycles. The standard InChI is InChI=1S/C22H25N3O3/c1-15-6-7-20-23-21(17-4-3-5-18(12-17)28-2)19(25(20)13-15)14-24-10-8-16(9-11-24)22(26)27/h3-7,12-13,16H,8-11,14H2,1-2H3,(H,26,27). The van der Waals surface area contributed by atoms with Crippen LogP contribution in [0.1, 0.15) is 24.1 Å². The number of benzene rings is 1. The minimum absolute atomic E-state index is 0.224. The Balaban J connectivity index is 1.71. The lowest BCUT2D eigenvalue weighted by atomic mass is 9.97. The number of likely N-dealkylation sites (tertiary alicyclic amines) is 1. The van der Waals surface area contributed by atoms with Gasteiger partial charge in [0.2, 0.25) is 0 Å². The molecule has 146 valence electrons. The Bertz CT molecular complexity index is 1000. The number of aryl methyl sites for hydroxylation is 1. The predicted octanol–water partition coefficient (Wildman–Crippen LogP) is 3.61. The van der Waals surface area contributed by atoms with E-state index in [9.17, 15) is 9.90 Å². The van der Waals surface area contributed by atoms with E-state index in [1.807, 2.05) is 24.3 Å². The molecule has 1 aliphatic heterocycles. The van der Waals surface area contributed by atoms with Crippen LogP contribution >= 0.6 is 0 Å². The highest BCUT2D eigenvalue weighted by Crippen LogP contribution is 2.29. The average Bonchev–Trinajstić information content (AvgIpc) is 3.06. The molecule has 1 aromatic carbocycles. The van der Waals surface area contributed by atoms with Gasteiger partial charge < -0.3 is 14.2 Å². The first-order valence-corrected chi connectivity index (χ1v) is 9.62. The fourth-order valence-electron chi connectivity index (χ4n) is 3.90. The van der Waals surface area contributed by atoms with Gasteiger partial charge in [-0.05, 0) is 56.6 Å². The Morgan fingerprint density at radius 3 is 2.75 bits per heavy atom. The topological polar surface area (TPSA) is 67.1 Å². The second-order valence-electron chi connectivity index (χ2n) is 7.46. The molecule has 0 amide bonds. The third kappa shape index (κ3) is 3.60. The predicted molar refractivity (Wildman–Crippen MR) is 108 cm³/mol. The maximum atomic E-state index is 11.2.